The van der Waals surface area contributed by atoms with Crippen LogP contribution in [0.2, 0.25) is 0 Å². The van der Waals surface area contributed by atoms with Crippen LogP contribution in [0.1, 0.15) is 33.4 Å². The molecule has 17 heavy (non-hydrogen) atoms. The van der Waals surface area contributed by atoms with Crippen LogP contribution in [-0.2, 0) is 7.05 Å². The van der Waals surface area contributed by atoms with Gasteiger partial charge in [0.1, 0.15) is 5.69 Å². The van der Waals surface area contributed by atoms with Crippen LogP contribution in [0.5, 0.6) is 0 Å². The summed E-state index contributed by atoms with van der Waals surface area (Å²) in [4.78, 5) is 4.12. The van der Waals surface area contributed by atoms with Gasteiger partial charge >= 0.3 is 0 Å². The molecule has 0 aliphatic carbocycles. The minimum absolute atomic E-state index is 0.882. The van der Waals surface area contributed by atoms with Crippen molar-refractivity contribution in [1.82, 2.24) is 20.0 Å². The topological polar surface area (TPSA) is 43.6 Å². The minimum Gasteiger partial charge on any atom is -0.262 e. The molecule has 2 rings (SSSR count). The Kier molecular flexibility index (Phi) is 7.59. The minimum atomic E-state index is 0.882. The highest BCUT2D eigenvalue weighted by atomic mass is 15.4. The molecule has 2 aromatic rings. The summed E-state index contributed by atoms with van der Waals surface area (Å²) in [5.41, 5.74) is 2.93. The summed E-state index contributed by atoms with van der Waals surface area (Å²) in [6, 6.07) is 3.92. The first-order chi connectivity index (χ1) is 8.25. The van der Waals surface area contributed by atoms with Gasteiger partial charge in [-0.15, -0.1) is 5.10 Å². The van der Waals surface area contributed by atoms with Crippen molar-refractivity contribution < 1.29 is 0 Å². The lowest BCUT2D eigenvalue weighted by Gasteiger charge is -1.95. The summed E-state index contributed by atoms with van der Waals surface area (Å²) in [7, 11) is 1.85. The third-order valence-electron chi connectivity index (χ3n) is 1.80. The van der Waals surface area contributed by atoms with Gasteiger partial charge in [0.25, 0.3) is 0 Å². The fourth-order valence-electron chi connectivity index (χ4n) is 1.18. The Morgan fingerprint density at radius 2 is 1.76 bits per heavy atom. The quantitative estimate of drug-likeness (QED) is 0.760. The molecule has 0 aromatic carbocycles. The van der Waals surface area contributed by atoms with Gasteiger partial charge in [0.05, 0.1) is 6.20 Å². The normalized spacial score (nSPS) is 8.59. The standard InChI is InChI=1S/C9H10N4.2C2H6/c1-7-5-8(3-4-10-7)9-6-13(2)12-11-9;2*1-2/h3-6H,1-2H3;2*1-2H3. The Hall–Kier alpha value is -1.71. The Morgan fingerprint density at radius 1 is 1.12 bits per heavy atom. The molecule has 0 fully saturated rings. The second-order valence-corrected chi connectivity index (χ2v) is 2.96. The lowest BCUT2D eigenvalue weighted by atomic mass is 10.2. The maximum Gasteiger partial charge on any atom is 0.113 e. The van der Waals surface area contributed by atoms with Crippen molar-refractivity contribution in [3.8, 4) is 11.3 Å². The van der Waals surface area contributed by atoms with E-state index in [9.17, 15) is 0 Å². The van der Waals surface area contributed by atoms with Crippen LogP contribution in [0.15, 0.2) is 24.5 Å². The van der Waals surface area contributed by atoms with E-state index in [2.05, 4.69) is 15.3 Å². The Labute approximate surface area is 104 Å². The maximum atomic E-state index is 4.12. The van der Waals surface area contributed by atoms with E-state index in [4.69, 9.17) is 0 Å². The molecule has 2 heterocycles. The van der Waals surface area contributed by atoms with Crippen molar-refractivity contribution in [3.05, 3.63) is 30.2 Å². The SMILES string of the molecule is CC.CC.Cc1cc(-c2cn(C)nn2)ccn1. The number of pyridine rings is 1. The molecule has 0 saturated carbocycles. The number of aryl methyl sites for hydroxylation is 2. The average Bonchev–Trinajstić information content (AvgIpc) is 2.81. The first kappa shape index (κ1) is 15.3. The predicted molar refractivity (Wildman–Crippen MR) is 71.7 cm³/mol. The molecule has 0 aliphatic rings. The molecule has 0 N–H and O–H groups in total. The lowest BCUT2D eigenvalue weighted by Crippen LogP contribution is -1.85. The molecule has 0 bridgehead atoms. The zero-order valence-electron chi connectivity index (χ0n) is 11.6. The van der Waals surface area contributed by atoms with Gasteiger partial charge in [0.2, 0.25) is 0 Å². The van der Waals surface area contributed by atoms with Gasteiger partial charge in [0, 0.05) is 24.5 Å². The van der Waals surface area contributed by atoms with Crippen LogP contribution in [0.3, 0.4) is 0 Å². The molecule has 0 atom stereocenters. The lowest BCUT2D eigenvalue weighted by molar-refractivity contribution is 0.715. The van der Waals surface area contributed by atoms with Gasteiger partial charge in [-0.05, 0) is 19.1 Å². The zero-order valence-corrected chi connectivity index (χ0v) is 11.6. The predicted octanol–water partition coefficient (Wildman–Crippen LogP) is 3.24. The highest BCUT2D eigenvalue weighted by Crippen LogP contribution is 2.14. The van der Waals surface area contributed by atoms with Crippen molar-refractivity contribution >= 4 is 0 Å². The second-order valence-electron chi connectivity index (χ2n) is 2.96. The molecule has 0 spiro atoms. The van der Waals surface area contributed by atoms with Gasteiger partial charge in [-0.1, -0.05) is 32.9 Å². The fourth-order valence-corrected chi connectivity index (χ4v) is 1.18. The van der Waals surface area contributed by atoms with Gasteiger partial charge in [-0.2, -0.15) is 0 Å². The molecule has 0 saturated heterocycles. The van der Waals surface area contributed by atoms with E-state index < -0.39 is 0 Å². The number of hydrogen-bond acceptors (Lipinski definition) is 3. The second kappa shape index (κ2) is 8.44. The third-order valence-corrected chi connectivity index (χ3v) is 1.80. The first-order valence-electron chi connectivity index (χ1n) is 6.05. The molecule has 0 amide bonds. The van der Waals surface area contributed by atoms with E-state index >= 15 is 0 Å². The summed E-state index contributed by atoms with van der Waals surface area (Å²) in [6.07, 6.45) is 3.66. The molecule has 0 radical (unpaired) electrons. The van der Waals surface area contributed by atoms with E-state index in [0.717, 1.165) is 17.0 Å². The largest absolute Gasteiger partial charge is 0.262 e. The Morgan fingerprint density at radius 3 is 2.24 bits per heavy atom. The van der Waals surface area contributed by atoms with Gasteiger partial charge in [-0.3, -0.25) is 9.67 Å². The molecule has 0 unspecified atom stereocenters. The van der Waals surface area contributed by atoms with Gasteiger partial charge in [0.15, 0.2) is 0 Å². The van der Waals surface area contributed by atoms with Crippen LogP contribution in [0.25, 0.3) is 11.3 Å². The summed E-state index contributed by atoms with van der Waals surface area (Å²) >= 11 is 0. The van der Waals surface area contributed by atoms with Crippen LogP contribution >= 0.6 is 0 Å². The molecule has 4 heteroatoms. The highest BCUT2D eigenvalue weighted by Gasteiger charge is 2.01. The molecule has 94 valence electrons. The van der Waals surface area contributed by atoms with E-state index in [1.54, 1.807) is 10.9 Å². The van der Waals surface area contributed by atoms with Gasteiger partial charge in [-0.25, -0.2) is 0 Å². The van der Waals surface area contributed by atoms with Crippen molar-refractivity contribution in [2.45, 2.75) is 34.6 Å². The highest BCUT2D eigenvalue weighted by molar-refractivity contribution is 5.57. The van der Waals surface area contributed by atoms with Crippen molar-refractivity contribution in [1.29, 1.82) is 0 Å². The Balaban J connectivity index is 0.000000581. The first-order valence-corrected chi connectivity index (χ1v) is 6.05. The van der Waals surface area contributed by atoms with E-state index in [-0.39, 0.29) is 0 Å². The van der Waals surface area contributed by atoms with Crippen LogP contribution in [-0.4, -0.2) is 20.0 Å². The molecular weight excluding hydrogens is 212 g/mol. The number of nitrogens with zero attached hydrogens (tertiary/aromatic N) is 4. The summed E-state index contributed by atoms with van der Waals surface area (Å²) < 4.78 is 1.69. The van der Waals surface area contributed by atoms with Crippen molar-refractivity contribution in [2.24, 2.45) is 7.05 Å². The van der Waals surface area contributed by atoms with Gasteiger partial charge < -0.3 is 0 Å². The number of hydrogen-bond donors (Lipinski definition) is 0. The average molecular weight is 234 g/mol. The van der Waals surface area contributed by atoms with E-state index in [1.165, 1.54) is 0 Å². The monoisotopic (exact) mass is 234 g/mol. The zero-order chi connectivity index (χ0) is 13.3. The van der Waals surface area contributed by atoms with Crippen molar-refractivity contribution in [2.75, 3.05) is 0 Å². The van der Waals surface area contributed by atoms with Crippen LogP contribution in [0.4, 0.5) is 0 Å². The molecular formula is C13H22N4. The molecule has 2 aromatic heterocycles. The summed E-state index contributed by atoms with van der Waals surface area (Å²) in [6.45, 7) is 9.96. The smallest absolute Gasteiger partial charge is 0.113 e. The van der Waals surface area contributed by atoms with E-state index in [1.807, 2.05) is 60.0 Å². The third kappa shape index (κ3) is 4.76. The summed E-state index contributed by atoms with van der Waals surface area (Å²) in [5.74, 6) is 0. The fraction of sp³-hybridized carbons (Fsp3) is 0.462. The maximum absolute atomic E-state index is 4.12. The number of rotatable bonds is 1. The molecule has 0 aliphatic heterocycles. The molecule has 4 nitrogen and oxygen atoms in total. The summed E-state index contributed by atoms with van der Waals surface area (Å²) in [5, 5.41) is 7.88. The Bertz CT molecular complexity index is 421. The van der Waals surface area contributed by atoms with Crippen LogP contribution in [0, 0.1) is 6.92 Å². The number of aromatic nitrogens is 4. The van der Waals surface area contributed by atoms with Crippen LogP contribution < -0.4 is 0 Å². The van der Waals surface area contributed by atoms with Crippen molar-refractivity contribution in [3.63, 3.8) is 0 Å². The van der Waals surface area contributed by atoms with E-state index in [0.29, 0.717) is 0 Å².